The molecule has 0 aliphatic carbocycles. The molecule has 0 spiro atoms. The van der Waals surface area contributed by atoms with Crippen LogP contribution in [0, 0.1) is 5.82 Å². The maximum Gasteiger partial charge on any atom is 0.249 e. The summed E-state index contributed by atoms with van der Waals surface area (Å²) in [7, 11) is 0. The number of rotatable bonds is 2. The first-order valence-corrected chi connectivity index (χ1v) is 6.40. The Balaban J connectivity index is 2.12. The van der Waals surface area contributed by atoms with Crippen LogP contribution in [0.3, 0.4) is 0 Å². The SMILES string of the molecule is C/C(=C\c1ccccc1F)C(=O)N1CCCCC1. The summed E-state index contributed by atoms with van der Waals surface area (Å²) in [6.07, 6.45) is 4.96. The monoisotopic (exact) mass is 247 g/mol. The molecule has 2 nitrogen and oxygen atoms in total. The number of carbonyl (C=O) groups excluding carboxylic acids is 1. The van der Waals surface area contributed by atoms with Gasteiger partial charge in [0.15, 0.2) is 0 Å². The van der Waals surface area contributed by atoms with Gasteiger partial charge in [-0.15, -0.1) is 0 Å². The van der Waals surface area contributed by atoms with Gasteiger partial charge in [-0.1, -0.05) is 18.2 Å². The van der Waals surface area contributed by atoms with Crippen molar-refractivity contribution in [2.24, 2.45) is 0 Å². The molecule has 1 aromatic rings. The Bertz CT molecular complexity index is 461. The minimum atomic E-state index is -0.289. The highest BCUT2D eigenvalue weighted by atomic mass is 19.1. The van der Waals surface area contributed by atoms with Crippen molar-refractivity contribution in [2.45, 2.75) is 26.2 Å². The Kier molecular flexibility index (Phi) is 4.13. The van der Waals surface area contributed by atoms with E-state index in [4.69, 9.17) is 0 Å². The van der Waals surface area contributed by atoms with Crippen LogP contribution in [0.2, 0.25) is 0 Å². The van der Waals surface area contributed by atoms with E-state index in [0.717, 1.165) is 25.9 Å². The lowest BCUT2D eigenvalue weighted by Gasteiger charge is -2.27. The zero-order chi connectivity index (χ0) is 13.0. The van der Waals surface area contributed by atoms with Gasteiger partial charge in [0.2, 0.25) is 5.91 Å². The summed E-state index contributed by atoms with van der Waals surface area (Å²) in [5, 5.41) is 0. The minimum Gasteiger partial charge on any atom is -0.339 e. The van der Waals surface area contributed by atoms with Crippen molar-refractivity contribution < 1.29 is 9.18 Å². The fourth-order valence-electron chi connectivity index (χ4n) is 2.23. The number of halogens is 1. The molecule has 3 heteroatoms. The van der Waals surface area contributed by atoms with Crippen LogP contribution in [-0.4, -0.2) is 23.9 Å². The maximum atomic E-state index is 13.5. The van der Waals surface area contributed by atoms with Crippen LogP contribution in [-0.2, 0) is 4.79 Å². The van der Waals surface area contributed by atoms with Gasteiger partial charge in [-0.2, -0.15) is 0 Å². The lowest BCUT2D eigenvalue weighted by molar-refractivity contribution is -0.127. The summed E-state index contributed by atoms with van der Waals surface area (Å²) in [5.41, 5.74) is 1.07. The van der Waals surface area contributed by atoms with Crippen molar-refractivity contribution in [2.75, 3.05) is 13.1 Å². The molecule has 1 heterocycles. The Hall–Kier alpha value is -1.64. The smallest absolute Gasteiger partial charge is 0.249 e. The summed E-state index contributed by atoms with van der Waals surface area (Å²) in [4.78, 5) is 14.0. The number of hydrogen-bond acceptors (Lipinski definition) is 1. The van der Waals surface area contributed by atoms with Crippen molar-refractivity contribution in [1.29, 1.82) is 0 Å². The van der Waals surface area contributed by atoms with E-state index in [9.17, 15) is 9.18 Å². The normalized spacial score (nSPS) is 16.8. The van der Waals surface area contributed by atoms with E-state index in [0.29, 0.717) is 11.1 Å². The third-order valence-corrected chi connectivity index (χ3v) is 3.26. The highest BCUT2D eigenvalue weighted by Crippen LogP contribution is 2.15. The number of hydrogen-bond donors (Lipinski definition) is 0. The number of amides is 1. The molecular formula is C15H18FNO. The summed E-state index contributed by atoms with van der Waals surface area (Å²) >= 11 is 0. The molecule has 0 radical (unpaired) electrons. The average Bonchev–Trinajstić information content (AvgIpc) is 2.41. The summed E-state index contributed by atoms with van der Waals surface area (Å²) in [5.74, 6) is -0.263. The molecule has 2 rings (SSSR count). The maximum absolute atomic E-state index is 13.5. The van der Waals surface area contributed by atoms with Crippen LogP contribution in [0.5, 0.6) is 0 Å². The Morgan fingerprint density at radius 3 is 2.56 bits per heavy atom. The molecular weight excluding hydrogens is 229 g/mol. The second-order valence-corrected chi connectivity index (χ2v) is 4.70. The zero-order valence-corrected chi connectivity index (χ0v) is 10.7. The van der Waals surface area contributed by atoms with E-state index in [2.05, 4.69) is 0 Å². The number of piperidine rings is 1. The molecule has 1 aliphatic heterocycles. The molecule has 1 aromatic carbocycles. The van der Waals surface area contributed by atoms with Gasteiger partial charge >= 0.3 is 0 Å². The molecule has 0 bridgehead atoms. The molecule has 0 atom stereocenters. The van der Waals surface area contributed by atoms with Crippen LogP contribution >= 0.6 is 0 Å². The van der Waals surface area contributed by atoms with Crippen molar-refractivity contribution in [3.8, 4) is 0 Å². The van der Waals surface area contributed by atoms with Gasteiger partial charge in [0.25, 0.3) is 0 Å². The van der Waals surface area contributed by atoms with E-state index >= 15 is 0 Å². The fraction of sp³-hybridized carbons (Fsp3) is 0.400. The molecule has 1 saturated heterocycles. The first kappa shape index (κ1) is 12.8. The predicted octanol–water partition coefficient (Wildman–Crippen LogP) is 3.24. The molecule has 0 N–H and O–H groups in total. The minimum absolute atomic E-state index is 0.0259. The summed E-state index contributed by atoms with van der Waals surface area (Å²) in [6.45, 7) is 3.39. The van der Waals surface area contributed by atoms with E-state index in [1.165, 1.54) is 12.5 Å². The molecule has 0 aromatic heterocycles. The van der Waals surface area contributed by atoms with Crippen molar-refractivity contribution >= 4 is 12.0 Å². The highest BCUT2D eigenvalue weighted by molar-refractivity contribution is 5.97. The number of carbonyl (C=O) groups is 1. The Morgan fingerprint density at radius 1 is 1.22 bits per heavy atom. The molecule has 1 fully saturated rings. The van der Waals surface area contributed by atoms with Crippen molar-refractivity contribution in [1.82, 2.24) is 4.90 Å². The number of nitrogens with zero attached hydrogens (tertiary/aromatic N) is 1. The second-order valence-electron chi connectivity index (χ2n) is 4.70. The predicted molar refractivity (Wildman–Crippen MR) is 70.5 cm³/mol. The quantitative estimate of drug-likeness (QED) is 0.735. The van der Waals surface area contributed by atoms with Gasteiger partial charge < -0.3 is 4.90 Å². The van der Waals surface area contributed by atoms with Crippen LogP contribution in [0.1, 0.15) is 31.7 Å². The Morgan fingerprint density at radius 2 is 1.89 bits per heavy atom. The van der Waals surface area contributed by atoms with E-state index < -0.39 is 0 Å². The van der Waals surface area contributed by atoms with E-state index in [-0.39, 0.29) is 11.7 Å². The van der Waals surface area contributed by atoms with Crippen molar-refractivity contribution in [3.63, 3.8) is 0 Å². The van der Waals surface area contributed by atoms with Crippen LogP contribution < -0.4 is 0 Å². The van der Waals surface area contributed by atoms with Crippen LogP contribution in [0.15, 0.2) is 29.8 Å². The standard InChI is InChI=1S/C15H18FNO/c1-12(11-13-7-3-4-8-14(13)16)15(18)17-9-5-2-6-10-17/h3-4,7-8,11H,2,5-6,9-10H2,1H3/b12-11+. The van der Waals surface area contributed by atoms with Crippen LogP contribution in [0.4, 0.5) is 4.39 Å². The van der Waals surface area contributed by atoms with E-state index in [1.54, 1.807) is 31.2 Å². The first-order valence-electron chi connectivity index (χ1n) is 6.40. The van der Waals surface area contributed by atoms with Gasteiger partial charge in [0.05, 0.1) is 0 Å². The summed E-state index contributed by atoms with van der Waals surface area (Å²) < 4.78 is 13.5. The van der Waals surface area contributed by atoms with Gasteiger partial charge in [-0.05, 0) is 38.3 Å². The third kappa shape index (κ3) is 2.97. The second kappa shape index (κ2) is 5.80. The lowest BCUT2D eigenvalue weighted by Crippen LogP contribution is -2.36. The fourth-order valence-corrected chi connectivity index (χ4v) is 2.23. The molecule has 1 aliphatic rings. The summed E-state index contributed by atoms with van der Waals surface area (Å²) in [6, 6.07) is 6.51. The largest absolute Gasteiger partial charge is 0.339 e. The van der Waals surface area contributed by atoms with Crippen LogP contribution in [0.25, 0.3) is 6.08 Å². The Labute approximate surface area is 107 Å². The lowest BCUT2D eigenvalue weighted by atomic mass is 10.1. The third-order valence-electron chi connectivity index (χ3n) is 3.26. The molecule has 0 unspecified atom stereocenters. The molecule has 18 heavy (non-hydrogen) atoms. The molecule has 96 valence electrons. The van der Waals surface area contributed by atoms with Crippen molar-refractivity contribution in [3.05, 3.63) is 41.2 Å². The number of benzene rings is 1. The number of likely N-dealkylation sites (tertiary alicyclic amines) is 1. The molecule has 0 saturated carbocycles. The highest BCUT2D eigenvalue weighted by Gasteiger charge is 2.17. The molecule has 1 amide bonds. The average molecular weight is 247 g/mol. The van der Waals surface area contributed by atoms with E-state index in [1.807, 2.05) is 4.90 Å². The first-order chi connectivity index (χ1) is 8.68. The van der Waals surface area contributed by atoms with Gasteiger partial charge in [0.1, 0.15) is 5.82 Å². The van der Waals surface area contributed by atoms with Gasteiger partial charge in [-0.25, -0.2) is 4.39 Å². The zero-order valence-electron chi connectivity index (χ0n) is 10.7. The van der Waals surface area contributed by atoms with Gasteiger partial charge in [-0.3, -0.25) is 4.79 Å². The van der Waals surface area contributed by atoms with Gasteiger partial charge in [0, 0.05) is 24.2 Å². The topological polar surface area (TPSA) is 20.3 Å².